The van der Waals surface area contributed by atoms with E-state index in [1.165, 1.54) is 11.0 Å². The molecule has 0 spiro atoms. The van der Waals surface area contributed by atoms with Crippen LogP contribution in [0, 0.1) is 17.0 Å². The highest BCUT2D eigenvalue weighted by atomic mass is 35.5. The van der Waals surface area contributed by atoms with Gasteiger partial charge < -0.3 is 15.0 Å². The smallest absolute Gasteiger partial charge is 0.254 e. The van der Waals surface area contributed by atoms with E-state index in [1.54, 1.807) is 17.0 Å². The summed E-state index contributed by atoms with van der Waals surface area (Å²) in [6.07, 6.45) is 0.901. The van der Waals surface area contributed by atoms with E-state index >= 15 is 0 Å². The Hall–Kier alpha value is -3.31. The van der Waals surface area contributed by atoms with Crippen LogP contribution in [0.5, 0.6) is 5.75 Å². The Morgan fingerprint density at radius 1 is 1.17 bits per heavy atom. The van der Waals surface area contributed by atoms with Gasteiger partial charge in [-0.15, -0.1) is 0 Å². The Bertz CT molecular complexity index is 1280. The molecule has 190 valence electrons. The monoisotopic (exact) mass is 517 g/mol. The average Bonchev–Trinajstić information content (AvgIpc) is 3.43. The minimum absolute atomic E-state index is 0.0502. The van der Waals surface area contributed by atoms with Gasteiger partial charge in [0.25, 0.3) is 5.91 Å². The van der Waals surface area contributed by atoms with Crippen LogP contribution in [0.3, 0.4) is 0 Å². The van der Waals surface area contributed by atoms with E-state index in [0.717, 1.165) is 12.1 Å². The lowest BCUT2D eigenvalue weighted by Crippen LogP contribution is -2.54. The number of benzene rings is 1. The molecule has 0 aliphatic carbocycles. The minimum atomic E-state index is -0.854. The minimum Gasteiger partial charge on any atom is -0.453 e. The van der Waals surface area contributed by atoms with Gasteiger partial charge in [0.2, 0.25) is 6.35 Å². The van der Waals surface area contributed by atoms with Gasteiger partial charge in [-0.05, 0) is 29.7 Å². The molecule has 0 saturated carbocycles. The Balaban J connectivity index is 1.24. The maximum atomic E-state index is 15.0. The van der Waals surface area contributed by atoms with Crippen LogP contribution in [0.1, 0.15) is 31.1 Å². The number of hydrogen-bond acceptors (Lipinski definition) is 7. The van der Waals surface area contributed by atoms with Crippen molar-refractivity contribution < 1.29 is 18.3 Å². The van der Waals surface area contributed by atoms with Crippen LogP contribution in [0.2, 0.25) is 5.15 Å². The number of rotatable bonds is 4. The molecular formula is C24H26ClF2N7O2. The summed E-state index contributed by atoms with van der Waals surface area (Å²) >= 11 is 5.93. The number of anilines is 1. The average molecular weight is 518 g/mol. The lowest BCUT2D eigenvalue weighted by Gasteiger charge is -2.37. The Morgan fingerprint density at radius 2 is 1.86 bits per heavy atom. The van der Waals surface area contributed by atoms with E-state index in [2.05, 4.69) is 20.5 Å². The molecule has 2 aliphatic heterocycles. The van der Waals surface area contributed by atoms with Crippen molar-refractivity contribution in [1.82, 2.24) is 29.8 Å². The number of amides is 1. The molecule has 1 N–H and O–H groups in total. The number of piperazine rings is 1. The number of ether oxygens (including phenoxy) is 1. The highest BCUT2D eigenvalue weighted by Crippen LogP contribution is 2.32. The molecule has 2 aromatic heterocycles. The zero-order valence-electron chi connectivity index (χ0n) is 20.1. The first-order valence-electron chi connectivity index (χ1n) is 11.6. The quantitative estimate of drug-likeness (QED) is 0.526. The standard InChI is InChI=1S/C24H26ClF2N7O2/c1-24(2,3)13-34-28-12-17(31-34)20-15(26)10-14(11-16(20)27)22(35)32-6-8-33(9-7-32)23-30-21-18(36-23)4-5-19(25)29-21/h4-5,10-12,23H,6-9,13H2,1-3H3,(H,29,30). The van der Waals surface area contributed by atoms with Gasteiger partial charge in [-0.1, -0.05) is 32.4 Å². The summed E-state index contributed by atoms with van der Waals surface area (Å²) in [7, 11) is 0. The zero-order chi connectivity index (χ0) is 25.6. The summed E-state index contributed by atoms with van der Waals surface area (Å²) in [6, 6.07) is 5.51. The normalized spacial score (nSPS) is 18.1. The summed E-state index contributed by atoms with van der Waals surface area (Å²) in [6.45, 7) is 8.30. The maximum absolute atomic E-state index is 15.0. The first-order valence-corrected chi connectivity index (χ1v) is 12.0. The number of carbonyl (C=O) groups excluding carboxylic acids is 1. The molecule has 0 bridgehead atoms. The summed E-state index contributed by atoms with van der Waals surface area (Å²) in [5.41, 5.74) is -0.356. The number of pyridine rings is 1. The summed E-state index contributed by atoms with van der Waals surface area (Å²) in [4.78, 5) is 22.2. The fraction of sp³-hybridized carbons (Fsp3) is 0.417. The van der Waals surface area contributed by atoms with E-state index in [0.29, 0.717) is 49.4 Å². The molecule has 1 aromatic carbocycles. The molecule has 1 atom stereocenters. The number of aromatic nitrogens is 4. The molecule has 1 fully saturated rings. The predicted octanol–water partition coefficient (Wildman–Crippen LogP) is 3.86. The second-order valence-electron chi connectivity index (χ2n) is 10.1. The first kappa shape index (κ1) is 24.4. The number of carbonyl (C=O) groups is 1. The molecule has 3 aromatic rings. The second-order valence-corrected chi connectivity index (χ2v) is 10.4. The third-order valence-corrected chi connectivity index (χ3v) is 6.16. The Kier molecular flexibility index (Phi) is 6.29. The number of nitrogens with one attached hydrogen (secondary N) is 1. The van der Waals surface area contributed by atoms with Crippen molar-refractivity contribution in [2.75, 3.05) is 31.5 Å². The number of hydrogen-bond donors (Lipinski definition) is 1. The fourth-order valence-corrected chi connectivity index (χ4v) is 4.40. The van der Waals surface area contributed by atoms with Crippen LogP contribution in [0.25, 0.3) is 11.3 Å². The molecule has 1 unspecified atom stereocenters. The van der Waals surface area contributed by atoms with Crippen molar-refractivity contribution in [1.29, 1.82) is 0 Å². The van der Waals surface area contributed by atoms with E-state index in [1.807, 2.05) is 25.7 Å². The Morgan fingerprint density at radius 3 is 2.53 bits per heavy atom. The van der Waals surface area contributed by atoms with E-state index in [4.69, 9.17) is 16.3 Å². The zero-order valence-corrected chi connectivity index (χ0v) is 20.9. The third-order valence-electron chi connectivity index (χ3n) is 5.95. The lowest BCUT2D eigenvalue weighted by molar-refractivity contribution is 0.0177. The lowest BCUT2D eigenvalue weighted by atomic mass is 9.97. The summed E-state index contributed by atoms with van der Waals surface area (Å²) in [5, 5.41) is 11.9. The van der Waals surface area contributed by atoms with Gasteiger partial charge in [0.05, 0.1) is 18.3 Å². The SMILES string of the molecule is CC(C)(C)Cn1ncc(-c2c(F)cc(C(=O)N3CCN(C4Nc5nc(Cl)ccc5O4)CC3)cc2F)n1. The van der Waals surface area contributed by atoms with E-state index in [-0.39, 0.29) is 22.2 Å². The molecule has 36 heavy (non-hydrogen) atoms. The molecule has 4 heterocycles. The van der Waals surface area contributed by atoms with Crippen LogP contribution in [0.15, 0.2) is 30.5 Å². The third kappa shape index (κ3) is 4.98. The first-order chi connectivity index (χ1) is 17.1. The van der Waals surface area contributed by atoms with Gasteiger partial charge in [0.1, 0.15) is 22.5 Å². The van der Waals surface area contributed by atoms with Gasteiger partial charge in [-0.25, -0.2) is 18.7 Å². The molecule has 2 aliphatic rings. The number of halogens is 3. The van der Waals surface area contributed by atoms with Crippen molar-refractivity contribution in [2.45, 2.75) is 33.7 Å². The van der Waals surface area contributed by atoms with Gasteiger partial charge in [-0.3, -0.25) is 4.79 Å². The molecular weight excluding hydrogens is 492 g/mol. The summed E-state index contributed by atoms with van der Waals surface area (Å²) < 4.78 is 35.8. The van der Waals surface area contributed by atoms with Crippen molar-refractivity contribution in [3.05, 3.63) is 52.8 Å². The summed E-state index contributed by atoms with van der Waals surface area (Å²) in [5.74, 6) is -0.977. The van der Waals surface area contributed by atoms with Crippen molar-refractivity contribution >= 4 is 23.3 Å². The van der Waals surface area contributed by atoms with Crippen LogP contribution in [0.4, 0.5) is 14.6 Å². The van der Waals surface area contributed by atoms with Gasteiger partial charge in [0.15, 0.2) is 11.6 Å². The van der Waals surface area contributed by atoms with Gasteiger partial charge in [0, 0.05) is 31.7 Å². The van der Waals surface area contributed by atoms with Gasteiger partial charge in [-0.2, -0.15) is 15.0 Å². The maximum Gasteiger partial charge on any atom is 0.254 e. The molecule has 1 saturated heterocycles. The Labute approximate surface area is 212 Å². The molecule has 9 nitrogen and oxygen atoms in total. The predicted molar refractivity (Wildman–Crippen MR) is 130 cm³/mol. The molecule has 1 amide bonds. The van der Waals surface area contributed by atoms with Crippen LogP contribution < -0.4 is 10.1 Å². The van der Waals surface area contributed by atoms with Crippen LogP contribution >= 0.6 is 11.6 Å². The fourth-order valence-electron chi connectivity index (χ4n) is 4.25. The van der Waals surface area contributed by atoms with Crippen molar-refractivity contribution in [2.24, 2.45) is 5.41 Å². The molecule has 12 heteroatoms. The van der Waals surface area contributed by atoms with Crippen molar-refractivity contribution in [3.63, 3.8) is 0 Å². The second kappa shape index (κ2) is 9.29. The topological polar surface area (TPSA) is 88.4 Å². The van der Waals surface area contributed by atoms with Crippen LogP contribution in [-0.4, -0.2) is 68.2 Å². The highest BCUT2D eigenvalue weighted by molar-refractivity contribution is 6.29. The number of nitrogens with zero attached hydrogens (tertiary/aromatic N) is 6. The highest BCUT2D eigenvalue weighted by Gasteiger charge is 2.33. The van der Waals surface area contributed by atoms with E-state index < -0.39 is 23.9 Å². The molecule has 5 rings (SSSR count). The van der Waals surface area contributed by atoms with E-state index in [9.17, 15) is 13.6 Å². The van der Waals surface area contributed by atoms with Crippen LogP contribution in [-0.2, 0) is 6.54 Å². The molecule has 0 radical (unpaired) electrons. The van der Waals surface area contributed by atoms with Crippen molar-refractivity contribution in [3.8, 4) is 17.0 Å². The number of fused-ring (bicyclic) bond motifs is 1. The van der Waals surface area contributed by atoms with Gasteiger partial charge >= 0.3 is 0 Å². The largest absolute Gasteiger partial charge is 0.453 e.